The lowest BCUT2D eigenvalue weighted by molar-refractivity contribution is -0.159. The molecule has 0 fully saturated rings. The Morgan fingerprint density at radius 3 is 2.40 bits per heavy atom. The largest absolute Gasteiger partial charge is 0.407 e. The zero-order valence-electron chi connectivity index (χ0n) is 12.8. The van der Waals surface area contributed by atoms with Crippen LogP contribution in [0, 0.1) is 11.6 Å². The zero-order chi connectivity index (χ0) is 18.1. The highest BCUT2D eigenvalue weighted by molar-refractivity contribution is 6.10. The lowest BCUT2D eigenvalue weighted by Crippen LogP contribution is -2.49. The van der Waals surface area contributed by atoms with Crippen molar-refractivity contribution in [2.24, 2.45) is 0 Å². The number of nitrogens with one attached hydrogen (secondary N) is 1. The normalized spacial score (nSPS) is 24.8. The van der Waals surface area contributed by atoms with Crippen LogP contribution < -0.4 is 10.2 Å². The van der Waals surface area contributed by atoms with Crippen molar-refractivity contribution in [2.75, 3.05) is 11.9 Å². The van der Waals surface area contributed by atoms with Crippen LogP contribution in [0.25, 0.3) is 0 Å². The number of likely N-dealkylation sites (N-methyl/N-ethyl adjacent to an activating group) is 1. The van der Waals surface area contributed by atoms with Gasteiger partial charge in [0.05, 0.1) is 0 Å². The second kappa shape index (κ2) is 4.78. The molecule has 130 valence electrons. The molecule has 25 heavy (non-hydrogen) atoms. The van der Waals surface area contributed by atoms with E-state index in [0.29, 0.717) is 17.8 Å². The minimum Gasteiger partial charge on any atom is -0.313 e. The molecule has 3 nitrogen and oxygen atoms in total. The molecule has 1 spiro atoms. The molecule has 2 atom stereocenters. The number of carbonyl (C=O) groups is 1. The zero-order valence-corrected chi connectivity index (χ0v) is 12.8. The molecule has 1 N–H and O–H groups in total. The van der Waals surface area contributed by atoms with Gasteiger partial charge in [0, 0.05) is 18.3 Å². The second-order valence-corrected chi connectivity index (χ2v) is 6.10. The first-order valence-corrected chi connectivity index (χ1v) is 7.39. The summed E-state index contributed by atoms with van der Waals surface area (Å²) in [5, 5.41) is 2.31. The Morgan fingerprint density at radius 1 is 1.08 bits per heavy atom. The van der Waals surface area contributed by atoms with Crippen LogP contribution in [0.4, 0.5) is 27.6 Å². The van der Waals surface area contributed by atoms with Gasteiger partial charge < -0.3 is 4.90 Å². The summed E-state index contributed by atoms with van der Waals surface area (Å²) in [5.74, 6) is -3.37. The Kier molecular flexibility index (Phi) is 3.06. The van der Waals surface area contributed by atoms with E-state index >= 15 is 0 Å². The molecular formula is C17H11F5N2O. The number of amides is 1. The van der Waals surface area contributed by atoms with Crippen molar-refractivity contribution in [3.8, 4) is 0 Å². The predicted molar refractivity (Wildman–Crippen MR) is 78.9 cm³/mol. The highest BCUT2D eigenvalue weighted by atomic mass is 19.4. The van der Waals surface area contributed by atoms with E-state index in [1.54, 1.807) is 18.2 Å². The highest BCUT2D eigenvalue weighted by Crippen LogP contribution is 2.53. The Hall–Kier alpha value is -2.48. The molecule has 0 saturated carbocycles. The van der Waals surface area contributed by atoms with Crippen molar-refractivity contribution in [1.29, 1.82) is 0 Å². The summed E-state index contributed by atoms with van der Waals surface area (Å²) in [7, 11) is 1.43. The average Bonchev–Trinajstić information content (AvgIpc) is 2.99. The van der Waals surface area contributed by atoms with Gasteiger partial charge >= 0.3 is 6.18 Å². The van der Waals surface area contributed by atoms with Crippen LogP contribution in [0.5, 0.6) is 0 Å². The summed E-state index contributed by atoms with van der Waals surface area (Å²) in [6.45, 7) is 0. The predicted octanol–water partition coefficient (Wildman–Crippen LogP) is 3.39. The monoisotopic (exact) mass is 354 g/mol. The molecule has 2 aromatic rings. The topological polar surface area (TPSA) is 32.3 Å². The van der Waals surface area contributed by atoms with Gasteiger partial charge in [-0.1, -0.05) is 18.2 Å². The summed E-state index contributed by atoms with van der Waals surface area (Å²) < 4.78 is 68.0. The summed E-state index contributed by atoms with van der Waals surface area (Å²) in [5.41, 5.74) is -1.89. The molecule has 2 aliphatic heterocycles. The van der Waals surface area contributed by atoms with E-state index in [9.17, 15) is 26.7 Å². The van der Waals surface area contributed by atoms with Crippen LogP contribution in [0.2, 0.25) is 0 Å². The Balaban J connectivity index is 2.06. The number of carbonyl (C=O) groups excluding carboxylic acids is 1. The highest BCUT2D eigenvalue weighted by Gasteiger charge is 2.61. The summed E-state index contributed by atoms with van der Waals surface area (Å²) in [6.07, 6.45) is -4.78. The number of benzene rings is 2. The number of rotatable bonds is 0. The fraction of sp³-hybridized carbons (Fsp3) is 0.235. The van der Waals surface area contributed by atoms with Crippen LogP contribution in [0.3, 0.4) is 0 Å². The lowest BCUT2D eigenvalue weighted by Gasteiger charge is -2.26. The molecule has 2 heterocycles. The van der Waals surface area contributed by atoms with Crippen molar-refractivity contribution >= 4 is 11.6 Å². The number of para-hydroxylation sites is 1. The molecule has 2 aliphatic rings. The van der Waals surface area contributed by atoms with Crippen molar-refractivity contribution in [1.82, 2.24) is 5.32 Å². The molecule has 0 bridgehead atoms. The number of halogens is 5. The Morgan fingerprint density at radius 2 is 1.72 bits per heavy atom. The number of alkyl halides is 3. The fourth-order valence-electron chi connectivity index (χ4n) is 3.72. The number of fused-ring (bicyclic) bond motifs is 4. The van der Waals surface area contributed by atoms with Gasteiger partial charge in [-0.15, -0.1) is 0 Å². The SMILES string of the molecule is CN1C(=O)C2(NC(C(F)(F)F)c3cc(F)c(F)cc32)c2ccccc21. The maximum atomic E-state index is 13.8. The Bertz CT molecular complexity index is 910. The quantitative estimate of drug-likeness (QED) is 0.736. The van der Waals surface area contributed by atoms with Gasteiger partial charge in [0.15, 0.2) is 17.2 Å². The summed E-state index contributed by atoms with van der Waals surface area (Å²) >= 11 is 0. The van der Waals surface area contributed by atoms with E-state index in [0.717, 1.165) is 0 Å². The second-order valence-electron chi connectivity index (χ2n) is 6.10. The molecule has 2 aromatic carbocycles. The third-order valence-corrected chi connectivity index (χ3v) is 4.79. The molecule has 0 aromatic heterocycles. The maximum absolute atomic E-state index is 13.8. The molecule has 0 radical (unpaired) electrons. The average molecular weight is 354 g/mol. The van der Waals surface area contributed by atoms with Gasteiger partial charge in [0.25, 0.3) is 5.91 Å². The van der Waals surface area contributed by atoms with Gasteiger partial charge in [-0.2, -0.15) is 13.2 Å². The van der Waals surface area contributed by atoms with E-state index in [-0.39, 0.29) is 11.1 Å². The molecular weight excluding hydrogens is 343 g/mol. The number of anilines is 1. The standard InChI is InChI=1S/C17H11F5N2O/c1-24-13-5-3-2-4-9(13)16(15(24)25)10-7-12(19)11(18)6-8(10)14(23-16)17(20,21)22/h2-7,14,23H,1H3. The van der Waals surface area contributed by atoms with Gasteiger partial charge in [-0.05, 0) is 29.3 Å². The number of hydrogen-bond acceptors (Lipinski definition) is 2. The van der Waals surface area contributed by atoms with E-state index < -0.39 is 40.9 Å². The smallest absolute Gasteiger partial charge is 0.313 e. The van der Waals surface area contributed by atoms with E-state index in [2.05, 4.69) is 5.32 Å². The molecule has 1 amide bonds. The van der Waals surface area contributed by atoms with Crippen LogP contribution in [-0.4, -0.2) is 19.1 Å². The van der Waals surface area contributed by atoms with Gasteiger partial charge in [0.1, 0.15) is 6.04 Å². The maximum Gasteiger partial charge on any atom is 0.407 e. The number of nitrogens with zero attached hydrogens (tertiary/aromatic N) is 1. The van der Waals surface area contributed by atoms with Crippen molar-refractivity contribution in [3.05, 3.63) is 64.7 Å². The van der Waals surface area contributed by atoms with Gasteiger partial charge in [-0.3, -0.25) is 10.1 Å². The van der Waals surface area contributed by atoms with Crippen molar-refractivity contribution < 1.29 is 26.7 Å². The van der Waals surface area contributed by atoms with Crippen LogP contribution in [0.1, 0.15) is 22.7 Å². The third kappa shape index (κ3) is 1.91. The first-order chi connectivity index (χ1) is 11.7. The summed E-state index contributed by atoms with van der Waals surface area (Å²) in [4.78, 5) is 14.1. The first-order valence-electron chi connectivity index (χ1n) is 7.39. The van der Waals surface area contributed by atoms with Crippen LogP contribution >= 0.6 is 0 Å². The summed E-state index contributed by atoms with van der Waals surface area (Å²) in [6, 6.07) is 5.23. The van der Waals surface area contributed by atoms with E-state index in [1.807, 2.05) is 0 Å². The molecule has 0 saturated heterocycles. The van der Waals surface area contributed by atoms with Crippen molar-refractivity contribution in [2.45, 2.75) is 17.8 Å². The van der Waals surface area contributed by atoms with Crippen LogP contribution in [0.15, 0.2) is 36.4 Å². The molecule has 8 heteroatoms. The molecule has 4 rings (SSSR count). The van der Waals surface area contributed by atoms with Crippen LogP contribution in [-0.2, 0) is 10.3 Å². The minimum atomic E-state index is -4.78. The van der Waals surface area contributed by atoms with Gasteiger partial charge in [-0.25, -0.2) is 8.78 Å². The third-order valence-electron chi connectivity index (χ3n) is 4.79. The molecule has 0 aliphatic carbocycles. The molecule has 2 unspecified atom stereocenters. The Labute approximate surface area is 139 Å². The van der Waals surface area contributed by atoms with Gasteiger partial charge in [0.2, 0.25) is 0 Å². The fourth-order valence-corrected chi connectivity index (χ4v) is 3.72. The van der Waals surface area contributed by atoms with E-state index in [1.165, 1.54) is 18.0 Å². The van der Waals surface area contributed by atoms with E-state index in [4.69, 9.17) is 0 Å². The lowest BCUT2D eigenvalue weighted by atomic mass is 9.84. The first kappa shape index (κ1) is 16.0. The van der Waals surface area contributed by atoms with Crippen molar-refractivity contribution in [3.63, 3.8) is 0 Å². The minimum absolute atomic E-state index is 0.212. The number of hydrogen-bond donors (Lipinski definition) is 1.